The maximum absolute atomic E-state index is 11.6. The van der Waals surface area contributed by atoms with Crippen LogP contribution in [0.4, 0.5) is 5.82 Å². The Balaban J connectivity index is 1.88. The molecule has 0 aliphatic carbocycles. The van der Waals surface area contributed by atoms with Crippen LogP contribution in [-0.4, -0.2) is 27.3 Å². The highest BCUT2D eigenvalue weighted by molar-refractivity contribution is 7.18. The fourth-order valence-electron chi connectivity index (χ4n) is 2.05. The molecule has 0 saturated carbocycles. The van der Waals surface area contributed by atoms with Crippen LogP contribution in [0.15, 0.2) is 24.3 Å². The number of ether oxygens (including phenoxy) is 1. The first kappa shape index (κ1) is 15.6. The normalized spacial score (nSPS) is 10.7. The predicted octanol–water partition coefficient (Wildman–Crippen LogP) is 3.39. The zero-order valence-electron chi connectivity index (χ0n) is 12.5. The first-order valence-electron chi connectivity index (χ1n) is 6.78. The summed E-state index contributed by atoms with van der Waals surface area (Å²) in [5, 5.41) is 3.28. The zero-order chi connectivity index (χ0) is 16.4. The summed E-state index contributed by atoms with van der Waals surface area (Å²) in [5.74, 6) is 1.14. The van der Waals surface area contributed by atoms with E-state index < -0.39 is 5.24 Å². The molecule has 0 aliphatic heterocycles. The Labute approximate surface area is 141 Å². The van der Waals surface area contributed by atoms with Gasteiger partial charge in [0.1, 0.15) is 5.75 Å². The summed E-state index contributed by atoms with van der Waals surface area (Å²) in [4.78, 5) is 25.1. The molecule has 2 heterocycles. The summed E-state index contributed by atoms with van der Waals surface area (Å²) in [6.45, 7) is 2.35. The van der Waals surface area contributed by atoms with Gasteiger partial charge in [0.15, 0.2) is 22.0 Å². The maximum atomic E-state index is 11.6. The average molecular weight is 349 g/mol. The summed E-state index contributed by atoms with van der Waals surface area (Å²) in [6, 6.07) is 7.59. The topological polar surface area (TPSA) is 77.0 Å². The van der Waals surface area contributed by atoms with Crippen molar-refractivity contribution in [3.63, 3.8) is 0 Å². The average Bonchev–Trinajstić information content (AvgIpc) is 2.91. The highest BCUT2D eigenvalue weighted by atomic mass is 35.5. The molecule has 118 valence electrons. The number of carbonyl (C=O) groups excluding carboxylic acids is 1. The second-order valence-corrected chi connectivity index (χ2v) is 6.28. The first-order chi connectivity index (χ1) is 11.1. The Bertz CT molecular complexity index is 864. The minimum atomic E-state index is -0.665. The van der Waals surface area contributed by atoms with Gasteiger partial charge in [-0.2, -0.15) is 0 Å². The van der Waals surface area contributed by atoms with Gasteiger partial charge in [0.05, 0.1) is 12.1 Å². The number of carbonyl (C=O) groups is 1. The first-order valence-corrected chi connectivity index (χ1v) is 7.98. The Hall–Kier alpha value is -2.25. The molecule has 3 aromatic rings. The summed E-state index contributed by atoms with van der Waals surface area (Å²) in [7, 11) is 1.62. The van der Waals surface area contributed by atoms with Crippen LogP contribution < -0.4 is 10.1 Å². The summed E-state index contributed by atoms with van der Waals surface area (Å²) < 4.78 is 5.12. The number of methoxy groups -OCH3 is 1. The zero-order valence-corrected chi connectivity index (χ0v) is 14.0. The number of anilines is 1. The minimum Gasteiger partial charge on any atom is -0.497 e. The van der Waals surface area contributed by atoms with E-state index in [1.165, 1.54) is 11.3 Å². The molecule has 0 bridgehead atoms. The van der Waals surface area contributed by atoms with Crippen LogP contribution in [0.2, 0.25) is 0 Å². The fraction of sp³-hybridized carbons (Fsp3) is 0.200. The molecular formula is C15H13ClN4O2S. The molecule has 0 amide bonds. The van der Waals surface area contributed by atoms with Gasteiger partial charge in [0.25, 0.3) is 5.24 Å². The van der Waals surface area contributed by atoms with Crippen molar-refractivity contribution in [1.29, 1.82) is 0 Å². The lowest BCUT2D eigenvalue weighted by Gasteiger charge is -2.08. The molecule has 0 saturated heterocycles. The fourth-order valence-corrected chi connectivity index (χ4v) is 2.92. The lowest BCUT2D eigenvalue weighted by Crippen LogP contribution is -2.08. The third-order valence-corrected chi connectivity index (χ3v) is 4.19. The molecule has 6 nitrogen and oxygen atoms in total. The number of halogens is 1. The predicted molar refractivity (Wildman–Crippen MR) is 90.5 cm³/mol. The Morgan fingerprint density at radius 3 is 2.65 bits per heavy atom. The number of fused-ring (bicyclic) bond motifs is 1. The number of thiazole rings is 1. The largest absolute Gasteiger partial charge is 0.497 e. The van der Waals surface area contributed by atoms with Crippen molar-refractivity contribution >= 4 is 44.5 Å². The van der Waals surface area contributed by atoms with Gasteiger partial charge in [-0.1, -0.05) is 23.5 Å². The number of benzene rings is 1. The van der Waals surface area contributed by atoms with Gasteiger partial charge in [0, 0.05) is 6.54 Å². The van der Waals surface area contributed by atoms with Crippen LogP contribution in [0.1, 0.15) is 21.1 Å². The number of rotatable bonds is 5. The molecule has 1 aromatic carbocycles. The SMILES string of the molecule is COc1ccc(CNc2nc3sc(C)nc3nc2C(=O)Cl)cc1. The molecule has 3 rings (SSSR count). The van der Waals surface area contributed by atoms with Crippen LogP contribution in [-0.2, 0) is 6.54 Å². The van der Waals surface area contributed by atoms with Gasteiger partial charge in [-0.15, -0.1) is 0 Å². The maximum Gasteiger partial charge on any atom is 0.274 e. The van der Waals surface area contributed by atoms with Crippen molar-refractivity contribution in [3.05, 3.63) is 40.5 Å². The van der Waals surface area contributed by atoms with Crippen LogP contribution in [0.5, 0.6) is 5.75 Å². The van der Waals surface area contributed by atoms with Crippen molar-refractivity contribution in [3.8, 4) is 5.75 Å². The van der Waals surface area contributed by atoms with Crippen molar-refractivity contribution in [2.24, 2.45) is 0 Å². The van der Waals surface area contributed by atoms with Crippen LogP contribution in [0.3, 0.4) is 0 Å². The summed E-state index contributed by atoms with van der Waals surface area (Å²) in [5.41, 5.74) is 1.53. The van der Waals surface area contributed by atoms with Gasteiger partial charge in [-0.05, 0) is 36.2 Å². The Morgan fingerprint density at radius 2 is 2.00 bits per heavy atom. The van der Waals surface area contributed by atoms with E-state index in [0.29, 0.717) is 22.8 Å². The van der Waals surface area contributed by atoms with Crippen molar-refractivity contribution in [2.45, 2.75) is 13.5 Å². The van der Waals surface area contributed by atoms with E-state index in [1.54, 1.807) is 7.11 Å². The van der Waals surface area contributed by atoms with E-state index in [-0.39, 0.29) is 5.69 Å². The van der Waals surface area contributed by atoms with Gasteiger partial charge in [-0.3, -0.25) is 4.79 Å². The van der Waals surface area contributed by atoms with E-state index in [9.17, 15) is 4.79 Å². The van der Waals surface area contributed by atoms with Crippen LogP contribution in [0, 0.1) is 6.92 Å². The molecule has 2 aromatic heterocycles. The molecule has 0 atom stereocenters. The van der Waals surface area contributed by atoms with E-state index in [1.807, 2.05) is 31.2 Å². The highest BCUT2D eigenvalue weighted by Crippen LogP contribution is 2.23. The van der Waals surface area contributed by atoms with Gasteiger partial charge >= 0.3 is 0 Å². The summed E-state index contributed by atoms with van der Waals surface area (Å²) in [6.07, 6.45) is 0. The molecule has 0 fully saturated rings. The lowest BCUT2D eigenvalue weighted by atomic mass is 10.2. The molecule has 1 N–H and O–H groups in total. The summed E-state index contributed by atoms with van der Waals surface area (Å²) >= 11 is 7.03. The van der Waals surface area contributed by atoms with E-state index in [4.69, 9.17) is 16.3 Å². The molecule has 0 unspecified atom stereocenters. The standard InChI is InChI=1S/C15H13ClN4O2S/c1-8-18-14-15(23-8)20-13(11(19-14)12(16)21)17-7-9-3-5-10(22-2)6-4-9/h3-6H,7H2,1-2H3,(H,17,20). The number of hydrogen-bond acceptors (Lipinski definition) is 7. The molecule has 0 radical (unpaired) electrons. The Morgan fingerprint density at radius 1 is 1.26 bits per heavy atom. The molecule has 0 spiro atoms. The lowest BCUT2D eigenvalue weighted by molar-refractivity contribution is 0.107. The number of aromatic nitrogens is 3. The van der Waals surface area contributed by atoms with Crippen molar-refractivity contribution in [1.82, 2.24) is 15.0 Å². The van der Waals surface area contributed by atoms with E-state index >= 15 is 0 Å². The second-order valence-electron chi connectivity index (χ2n) is 4.76. The molecule has 23 heavy (non-hydrogen) atoms. The quantitative estimate of drug-likeness (QED) is 0.712. The number of hydrogen-bond donors (Lipinski definition) is 1. The van der Waals surface area contributed by atoms with Crippen LogP contribution >= 0.6 is 22.9 Å². The van der Waals surface area contributed by atoms with E-state index in [2.05, 4.69) is 20.3 Å². The molecular weight excluding hydrogens is 336 g/mol. The van der Waals surface area contributed by atoms with Crippen LogP contribution in [0.25, 0.3) is 10.5 Å². The minimum absolute atomic E-state index is 0.0815. The third-order valence-electron chi connectivity index (χ3n) is 3.16. The van der Waals surface area contributed by atoms with Gasteiger partial charge in [0.2, 0.25) is 0 Å². The monoisotopic (exact) mass is 348 g/mol. The molecule has 8 heteroatoms. The highest BCUT2D eigenvalue weighted by Gasteiger charge is 2.16. The van der Waals surface area contributed by atoms with Gasteiger partial charge in [-0.25, -0.2) is 15.0 Å². The van der Waals surface area contributed by atoms with E-state index in [0.717, 1.165) is 16.3 Å². The number of nitrogens with zero attached hydrogens (tertiary/aromatic N) is 3. The smallest absolute Gasteiger partial charge is 0.274 e. The molecule has 0 aliphatic rings. The van der Waals surface area contributed by atoms with Crippen molar-refractivity contribution < 1.29 is 9.53 Å². The third kappa shape index (κ3) is 3.40. The van der Waals surface area contributed by atoms with Crippen molar-refractivity contribution in [2.75, 3.05) is 12.4 Å². The number of nitrogens with one attached hydrogen (secondary N) is 1. The number of aryl methyl sites for hydroxylation is 1. The Kier molecular flexibility index (Phi) is 4.40. The van der Waals surface area contributed by atoms with Gasteiger partial charge < -0.3 is 10.1 Å². The second kappa shape index (κ2) is 6.47.